The van der Waals surface area contributed by atoms with Crippen LogP contribution >= 0.6 is 0 Å². The van der Waals surface area contributed by atoms with Crippen molar-refractivity contribution < 1.29 is 9.90 Å². The van der Waals surface area contributed by atoms with Gasteiger partial charge in [-0.15, -0.1) is 0 Å². The molecule has 1 aromatic carbocycles. The molecule has 1 aromatic rings. The van der Waals surface area contributed by atoms with Crippen LogP contribution in [-0.4, -0.2) is 35.1 Å². The van der Waals surface area contributed by atoms with Gasteiger partial charge in [-0.2, -0.15) is 0 Å². The van der Waals surface area contributed by atoms with Crippen LogP contribution in [0.15, 0.2) is 24.3 Å². The van der Waals surface area contributed by atoms with E-state index in [1.54, 1.807) is 0 Å². The summed E-state index contributed by atoms with van der Waals surface area (Å²) in [5.41, 5.74) is 2.16. The van der Waals surface area contributed by atoms with Crippen LogP contribution in [0.4, 0.5) is 0 Å². The Balaban J connectivity index is 1.65. The van der Waals surface area contributed by atoms with Crippen LogP contribution < -0.4 is 0 Å². The normalized spacial score (nSPS) is 27.0. The van der Waals surface area contributed by atoms with Crippen LogP contribution in [0.2, 0.25) is 0 Å². The van der Waals surface area contributed by atoms with E-state index in [9.17, 15) is 9.90 Å². The number of aliphatic hydroxyl groups is 1. The maximum Gasteiger partial charge on any atom is 0.253 e. The van der Waals surface area contributed by atoms with Gasteiger partial charge in [0.15, 0.2) is 0 Å². The Kier molecular flexibility index (Phi) is 4.29. The van der Waals surface area contributed by atoms with E-state index >= 15 is 0 Å². The molecule has 3 nitrogen and oxygen atoms in total. The first-order valence-corrected chi connectivity index (χ1v) is 8.21. The summed E-state index contributed by atoms with van der Waals surface area (Å²) >= 11 is 0. The SMILES string of the molecule is CC1CC[C@H](c2ccc(C(=O)N3CCC(O)CC3)cc2)C1. The fraction of sp³-hybridized carbons (Fsp3) is 0.611. The summed E-state index contributed by atoms with van der Waals surface area (Å²) in [6.07, 6.45) is 5.03. The molecule has 1 heterocycles. The van der Waals surface area contributed by atoms with Gasteiger partial charge in [-0.1, -0.05) is 25.5 Å². The zero-order valence-electron chi connectivity index (χ0n) is 12.8. The third-order valence-electron chi connectivity index (χ3n) is 5.08. The molecule has 0 bridgehead atoms. The summed E-state index contributed by atoms with van der Waals surface area (Å²) in [5.74, 6) is 1.61. The smallest absolute Gasteiger partial charge is 0.253 e. The van der Waals surface area contributed by atoms with E-state index in [0.29, 0.717) is 31.8 Å². The molecule has 2 atom stereocenters. The Morgan fingerprint density at radius 2 is 1.76 bits per heavy atom. The summed E-state index contributed by atoms with van der Waals surface area (Å²) < 4.78 is 0. The van der Waals surface area contributed by atoms with Gasteiger partial charge in [-0.25, -0.2) is 0 Å². The molecule has 2 fully saturated rings. The first kappa shape index (κ1) is 14.6. The van der Waals surface area contributed by atoms with E-state index in [0.717, 1.165) is 11.5 Å². The van der Waals surface area contributed by atoms with Crippen LogP contribution in [0.25, 0.3) is 0 Å². The minimum absolute atomic E-state index is 0.105. The van der Waals surface area contributed by atoms with Crippen molar-refractivity contribution in [3.8, 4) is 0 Å². The molecule has 114 valence electrons. The van der Waals surface area contributed by atoms with Gasteiger partial charge in [0.2, 0.25) is 0 Å². The zero-order valence-corrected chi connectivity index (χ0v) is 12.8. The second-order valence-corrected chi connectivity index (χ2v) is 6.76. The monoisotopic (exact) mass is 287 g/mol. The quantitative estimate of drug-likeness (QED) is 0.907. The second-order valence-electron chi connectivity index (χ2n) is 6.76. The summed E-state index contributed by atoms with van der Waals surface area (Å²) in [5, 5.41) is 9.52. The standard InChI is InChI=1S/C18H25NO2/c1-13-2-3-16(12-13)14-4-6-15(7-5-14)18(21)19-10-8-17(20)9-11-19/h4-7,13,16-17,20H,2-3,8-12H2,1H3/t13?,16-/m0/s1. The van der Waals surface area contributed by atoms with Crippen molar-refractivity contribution in [2.75, 3.05) is 13.1 Å². The van der Waals surface area contributed by atoms with Crippen molar-refractivity contribution in [3.63, 3.8) is 0 Å². The van der Waals surface area contributed by atoms with Crippen LogP contribution in [-0.2, 0) is 0 Å². The lowest BCUT2D eigenvalue weighted by Crippen LogP contribution is -2.40. The number of rotatable bonds is 2. The summed E-state index contributed by atoms with van der Waals surface area (Å²) in [7, 11) is 0. The number of nitrogens with zero attached hydrogens (tertiary/aromatic N) is 1. The van der Waals surface area contributed by atoms with Crippen LogP contribution in [0.3, 0.4) is 0 Å². The Hall–Kier alpha value is -1.35. The lowest BCUT2D eigenvalue weighted by molar-refractivity contribution is 0.0546. The third kappa shape index (κ3) is 3.29. The lowest BCUT2D eigenvalue weighted by Gasteiger charge is -2.29. The highest BCUT2D eigenvalue weighted by Gasteiger charge is 2.24. The molecule has 1 saturated carbocycles. The molecule has 1 aliphatic heterocycles. The van der Waals surface area contributed by atoms with E-state index in [-0.39, 0.29) is 12.0 Å². The molecule has 1 amide bonds. The lowest BCUT2D eigenvalue weighted by atomic mass is 9.95. The average molecular weight is 287 g/mol. The van der Waals surface area contributed by atoms with Gasteiger partial charge in [0.25, 0.3) is 5.91 Å². The Labute approximate surface area is 127 Å². The number of carbonyl (C=O) groups excluding carboxylic acids is 1. The van der Waals surface area contributed by atoms with E-state index in [2.05, 4.69) is 19.1 Å². The topological polar surface area (TPSA) is 40.5 Å². The van der Waals surface area contributed by atoms with Crippen LogP contribution in [0, 0.1) is 5.92 Å². The van der Waals surface area contributed by atoms with Crippen molar-refractivity contribution in [2.24, 2.45) is 5.92 Å². The molecule has 1 aliphatic carbocycles. The third-order valence-corrected chi connectivity index (χ3v) is 5.08. The van der Waals surface area contributed by atoms with Crippen LogP contribution in [0.1, 0.15) is 60.9 Å². The predicted molar refractivity (Wildman–Crippen MR) is 83.3 cm³/mol. The maximum atomic E-state index is 12.4. The van der Waals surface area contributed by atoms with Gasteiger partial charge in [0, 0.05) is 18.7 Å². The van der Waals surface area contributed by atoms with Gasteiger partial charge in [-0.05, 0) is 55.2 Å². The highest BCUT2D eigenvalue weighted by atomic mass is 16.3. The highest BCUT2D eigenvalue weighted by molar-refractivity contribution is 5.94. The minimum Gasteiger partial charge on any atom is -0.393 e. The molecule has 2 aliphatic rings. The zero-order chi connectivity index (χ0) is 14.8. The molecule has 1 saturated heterocycles. The Bertz CT molecular complexity index is 488. The first-order chi connectivity index (χ1) is 10.1. The molecular weight excluding hydrogens is 262 g/mol. The molecule has 0 spiro atoms. The molecule has 1 unspecified atom stereocenters. The van der Waals surface area contributed by atoms with Crippen molar-refractivity contribution in [1.29, 1.82) is 0 Å². The number of carbonyl (C=O) groups is 1. The number of aliphatic hydroxyl groups excluding tert-OH is 1. The van der Waals surface area contributed by atoms with E-state index in [4.69, 9.17) is 0 Å². The summed E-state index contributed by atoms with van der Waals surface area (Å²) in [4.78, 5) is 14.3. The fourth-order valence-corrected chi connectivity index (χ4v) is 3.66. The Morgan fingerprint density at radius 3 is 2.33 bits per heavy atom. The highest BCUT2D eigenvalue weighted by Crippen LogP contribution is 2.37. The molecule has 3 rings (SSSR count). The number of benzene rings is 1. The second kappa shape index (κ2) is 6.18. The number of likely N-dealkylation sites (tertiary alicyclic amines) is 1. The number of piperidine rings is 1. The molecule has 3 heteroatoms. The van der Waals surface area contributed by atoms with Crippen molar-refractivity contribution >= 4 is 5.91 Å². The van der Waals surface area contributed by atoms with Gasteiger partial charge < -0.3 is 10.0 Å². The van der Waals surface area contributed by atoms with Crippen molar-refractivity contribution in [2.45, 2.75) is 51.0 Å². The minimum atomic E-state index is -0.235. The average Bonchev–Trinajstić information content (AvgIpc) is 2.94. The van der Waals surface area contributed by atoms with Gasteiger partial charge in [0.1, 0.15) is 0 Å². The molecule has 21 heavy (non-hydrogen) atoms. The summed E-state index contributed by atoms with van der Waals surface area (Å²) in [6, 6.07) is 8.22. The van der Waals surface area contributed by atoms with Crippen molar-refractivity contribution in [3.05, 3.63) is 35.4 Å². The van der Waals surface area contributed by atoms with E-state index in [1.807, 2.05) is 17.0 Å². The van der Waals surface area contributed by atoms with Crippen LogP contribution in [0.5, 0.6) is 0 Å². The molecule has 1 N–H and O–H groups in total. The van der Waals surface area contributed by atoms with Gasteiger partial charge in [-0.3, -0.25) is 4.79 Å². The van der Waals surface area contributed by atoms with Gasteiger partial charge in [0.05, 0.1) is 6.10 Å². The Morgan fingerprint density at radius 1 is 1.10 bits per heavy atom. The molecular formula is C18H25NO2. The molecule has 0 aromatic heterocycles. The predicted octanol–water partition coefficient (Wildman–Crippen LogP) is 3.19. The number of hydrogen-bond acceptors (Lipinski definition) is 2. The first-order valence-electron chi connectivity index (χ1n) is 8.21. The van der Waals surface area contributed by atoms with E-state index < -0.39 is 0 Å². The van der Waals surface area contributed by atoms with E-state index in [1.165, 1.54) is 24.8 Å². The molecule has 0 radical (unpaired) electrons. The van der Waals surface area contributed by atoms with Gasteiger partial charge >= 0.3 is 0 Å². The largest absolute Gasteiger partial charge is 0.393 e. The van der Waals surface area contributed by atoms with Crippen molar-refractivity contribution in [1.82, 2.24) is 4.90 Å². The number of amides is 1. The number of hydrogen-bond donors (Lipinski definition) is 1. The fourth-order valence-electron chi connectivity index (χ4n) is 3.66. The summed E-state index contributed by atoms with van der Waals surface area (Å²) in [6.45, 7) is 3.66. The maximum absolute atomic E-state index is 12.4.